The van der Waals surface area contributed by atoms with Gasteiger partial charge in [0, 0.05) is 51.9 Å². The second-order valence-corrected chi connectivity index (χ2v) is 5.18. The van der Waals surface area contributed by atoms with Crippen molar-refractivity contribution in [1.29, 1.82) is 0 Å². The number of nitrogens with one attached hydrogen (secondary N) is 1. The molecular formula is C12H24N4O. The number of carbonyl (C=O) groups is 1. The van der Waals surface area contributed by atoms with Gasteiger partial charge in [0.2, 0.25) is 6.41 Å². The molecule has 1 atom stereocenters. The predicted octanol–water partition coefficient (Wildman–Crippen LogP) is -0.946. The summed E-state index contributed by atoms with van der Waals surface area (Å²) in [7, 11) is 2.19. The van der Waals surface area contributed by atoms with Gasteiger partial charge in [-0.3, -0.25) is 9.69 Å². The molecule has 0 aliphatic carbocycles. The van der Waals surface area contributed by atoms with Crippen molar-refractivity contribution in [3.05, 3.63) is 0 Å². The maximum absolute atomic E-state index is 10.6. The number of rotatable bonds is 4. The van der Waals surface area contributed by atoms with Gasteiger partial charge in [-0.25, -0.2) is 0 Å². The SMILES string of the molecule is CN1CCNC(CCN2CCN(C=O)CC2)C1. The number of amides is 1. The summed E-state index contributed by atoms with van der Waals surface area (Å²) in [6.45, 7) is 8.42. The third-order valence-corrected chi connectivity index (χ3v) is 3.81. The largest absolute Gasteiger partial charge is 0.343 e. The molecule has 17 heavy (non-hydrogen) atoms. The molecule has 5 heteroatoms. The minimum Gasteiger partial charge on any atom is -0.343 e. The highest BCUT2D eigenvalue weighted by molar-refractivity contribution is 5.47. The third-order valence-electron chi connectivity index (χ3n) is 3.81. The van der Waals surface area contributed by atoms with E-state index in [0.717, 1.165) is 58.8 Å². The molecule has 2 saturated heterocycles. The van der Waals surface area contributed by atoms with Crippen LogP contribution in [-0.2, 0) is 4.79 Å². The highest BCUT2D eigenvalue weighted by atomic mass is 16.1. The Morgan fingerprint density at radius 3 is 2.65 bits per heavy atom. The average Bonchev–Trinajstić information content (AvgIpc) is 2.37. The van der Waals surface area contributed by atoms with Gasteiger partial charge in [0.25, 0.3) is 0 Å². The molecular weight excluding hydrogens is 216 g/mol. The first-order valence-electron chi connectivity index (χ1n) is 6.61. The second-order valence-electron chi connectivity index (χ2n) is 5.18. The number of nitrogens with zero attached hydrogens (tertiary/aromatic N) is 3. The van der Waals surface area contributed by atoms with E-state index in [1.54, 1.807) is 0 Å². The van der Waals surface area contributed by atoms with Crippen LogP contribution in [0.1, 0.15) is 6.42 Å². The van der Waals surface area contributed by atoms with Gasteiger partial charge in [-0.1, -0.05) is 0 Å². The summed E-state index contributed by atoms with van der Waals surface area (Å²) < 4.78 is 0. The Hall–Kier alpha value is -0.650. The fourth-order valence-corrected chi connectivity index (χ4v) is 2.62. The normalized spacial score (nSPS) is 28.3. The zero-order chi connectivity index (χ0) is 12.1. The fourth-order valence-electron chi connectivity index (χ4n) is 2.62. The van der Waals surface area contributed by atoms with Crippen molar-refractivity contribution in [3.8, 4) is 0 Å². The standard InChI is InChI=1S/C12H24N4O/c1-14-5-3-13-12(10-14)2-4-15-6-8-16(11-17)9-7-15/h11-13H,2-10H2,1H3. The molecule has 2 aliphatic heterocycles. The Kier molecular flexibility index (Phi) is 4.76. The van der Waals surface area contributed by atoms with E-state index in [2.05, 4.69) is 22.2 Å². The Morgan fingerprint density at radius 2 is 2.00 bits per heavy atom. The van der Waals surface area contributed by atoms with E-state index in [1.165, 1.54) is 6.42 Å². The molecule has 0 spiro atoms. The first kappa shape index (κ1) is 12.8. The van der Waals surface area contributed by atoms with E-state index < -0.39 is 0 Å². The predicted molar refractivity (Wildman–Crippen MR) is 68.0 cm³/mol. The summed E-state index contributed by atoms with van der Waals surface area (Å²) in [5.74, 6) is 0. The van der Waals surface area contributed by atoms with Gasteiger partial charge < -0.3 is 15.1 Å². The monoisotopic (exact) mass is 240 g/mol. The summed E-state index contributed by atoms with van der Waals surface area (Å²) in [6.07, 6.45) is 2.18. The minimum atomic E-state index is 0.637. The van der Waals surface area contributed by atoms with Gasteiger partial charge in [0.05, 0.1) is 0 Å². The van der Waals surface area contributed by atoms with Crippen molar-refractivity contribution in [2.45, 2.75) is 12.5 Å². The zero-order valence-electron chi connectivity index (χ0n) is 10.8. The van der Waals surface area contributed by atoms with E-state index in [4.69, 9.17) is 0 Å². The van der Waals surface area contributed by atoms with E-state index in [-0.39, 0.29) is 0 Å². The third kappa shape index (κ3) is 3.94. The molecule has 1 unspecified atom stereocenters. The Bertz CT molecular complexity index is 241. The summed E-state index contributed by atoms with van der Waals surface area (Å²) in [5, 5.41) is 3.57. The quantitative estimate of drug-likeness (QED) is 0.643. The summed E-state index contributed by atoms with van der Waals surface area (Å²) in [6, 6.07) is 0.637. The lowest BCUT2D eigenvalue weighted by Crippen LogP contribution is -2.51. The molecule has 2 heterocycles. The zero-order valence-corrected chi connectivity index (χ0v) is 10.8. The van der Waals surface area contributed by atoms with E-state index in [1.807, 2.05) is 4.90 Å². The molecule has 0 bridgehead atoms. The average molecular weight is 240 g/mol. The van der Waals surface area contributed by atoms with Crippen LogP contribution < -0.4 is 5.32 Å². The van der Waals surface area contributed by atoms with Crippen LogP contribution in [0.5, 0.6) is 0 Å². The highest BCUT2D eigenvalue weighted by Crippen LogP contribution is 2.05. The van der Waals surface area contributed by atoms with Crippen molar-refractivity contribution in [2.75, 3.05) is 59.4 Å². The molecule has 0 aromatic heterocycles. The Labute approximate surface area is 104 Å². The van der Waals surface area contributed by atoms with Crippen LogP contribution in [0.3, 0.4) is 0 Å². The Morgan fingerprint density at radius 1 is 1.24 bits per heavy atom. The number of carbonyl (C=O) groups excluding carboxylic acids is 1. The van der Waals surface area contributed by atoms with Crippen molar-refractivity contribution >= 4 is 6.41 Å². The summed E-state index contributed by atoms with van der Waals surface area (Å²) in [4.78, 5) is 17.3. The van der Waals surface area contributed by atoms with Gasteiger partial charge in [-0.05, 0) is 20.0 Å². The molecule has 0 aromatic rings. The van der Waals surface area contributed by atoms with Crippen LogP contribution in [0.2, 0.25) is 0 Å². The van der Waals surface area contributed by atoms with Crippen LogP contribution in [0.25, 0.3) is 0 Å². The second kappa shape index (κ2) is 6.33. The fraction of sp³-hybridized carbons (Fsp3) is 0.917. The minimum absolute atomic E-state index is 0.637. The van der Waals surface area contributed by atoms with E-state index >= 15 is 0 Å². The Balaban J connectivity index is 1.63. The molecule has 98 valence electrons. The summed E-state index contributed by atoms with van der Waals surface area (Å²) >= 11 is 0. The van der Waals surface area contributed by atoms with Crippen molar-refractivity contribution in [2.24, 2.45) is 0 Å². The van der Waals surface area contributed by atoms with Gasteiger partial charge in [-0.15, -0.1) is 0 Å². The first-order chi connectivity index (χ1) is 8.28. The van der Waals surface area contributed by atoms with Crippen LogP contribution in [0.4, 0.5) is 0 Å². The lowest BCUT2D eigenvalue weighted by Gasteiger charge is -2.35. The number of piperazine rings is 2. The molecule has 0 aromatic carbocycles. The van der Waals surface area contributed by atoms with Gasteiger partial charge in [-0.2, -0.15) is 0 Å². The molecule has 0 radical (unpaired) electrons. The molecule has 5 nitrogen and oxygen atoms in total. The summed E-state index contributed by atoms with van der Waals surface area (Å²) in [5.41, 5.74) is 0. The smallest absolute Gasteiger partial charge is 0.209 e. The molecule has 2 fully saturated rings. The molecule has 1 amide bonds. The number of hydrogen-bond donors (Lipinski definition) is 1. The van der Waals surface area contributed by atoms with Gasteiger partial charge in [0.15, 0.2) is 0 Å². The van der Waals surface area contributed by atoms with Crippen molar-refractivity contribution in [3.63, 3.8) is 0 Å². The maximum Gasteiger partial charge on any atom is 0.209 e. The lowest BCUT2D eigenvalue weighted by atomic mass is 10.1. The first-order valence-corrected chi connectivity index (χ1v) is 6.61. The molecule has 1 N–H and O–H groups in total. The lowest BCUT2D eigenvalue weighted by molar-refractivity contribution is -0.119. The van der Waals surface area contributed by atoms with Crippen molar-refractivity contribution < 1.29 is 4.79 Å². The number of likely N-dealkylation sites (N-methyl/N-ethyl adjacent to an activating group) is 1. The maximum atomic E-state index is 10.6. The topological polar surface area (TPSA) is 38.8 Å². The molecule has 2 aliphatic rings. The highest BCUT2D eigenvalue weighted by Gasteiger charge is 2.19. The van der Waals surface area contributed by atoms with Crippen LogP contribution >= 0.6 is 0 Å². The van der Waals surface area contributed by atoms with E-state index in [0.29, 0.717) is 6.04 Å². The molecule has 2 rings (SSSR count). The van der Waals surface area contributed by atoms with Crippen LogP contribution in [-0.4, -0.2) is 86.6 Å². The van der Waals surface area contributed by atoms with Gasteiger partial charge in [0.1, 0.15) is 0 Å². The van der Waals surface area contributed by atoms with Crippen molar-refractivity contribution in [1.82, 2.24) is 20.0 Å². The van der Waals surface area contributed by atoms with Crippen LogP contribution in [0, 0.1) is 0 Å². The molecule has 0 saturated carbocycles. The number of hydrogen-bond acceptors (Lipinski definition) is 4. The van der Waals surface area contributed by atoms with Gasteiger partial charge >= 0.3 is 0 Å². The van der Waals surface area contributed by atoms with Crippen LogP contribution in [0.15, 0.2) is 0 Å². The van der Waals surface area contributed by atoms with E-state index in [9.17, 15) is 4.79 Å².